The lowest BCUT2D eigenvalue weighted by atomic mass is 9.85. The van der Waals surface area contributed by atoms with Gasteiger partial charge in [-0.2, -0.15) is 0 Å². The number of aliphatic carboxylic acids is 1. The Labute approximate surface area is 90.0 Å². The summed E-state index contributed by atoms with van der Waals surface area (Å²) in [5, 5.41) is 11.7. The highest BCUT2D eigenvalue weighted by Crippen LogP contribution is 2.31. The Morgan fingerprint density at radius 1 is 1.47 bits per heavy atom. The van der Waals surface area contributed by atoms with E-state index >= 15 is 0 Å². The molecular formula is C11H19NO3. The lowest BCUT2D eigenvalue weighted by Gasteiger charge is -2.33. The molecule has 86 valence electrons. The third-order valence-corrected chi connectivity index (χ3v) is 3.15. The molecule has 0 radical (unpaired) electrons. The monoisotopic (exact) mass is 213 g/mol. The number of rotatable bonds is 5. The molecule has 4 heteroatoms. The van der Waals surface area contributed by atoms with Crippen LogP contribution < -0.4 is 5.32 Å². The Balaban J connectivity index is 2.62. The van der Waals surface area contributed by atoms with Crippen molar-refractivity contribution in [1.29, 1.82) is 0 Å². The Kier molecular flexibility index (Phi) is 3.37. The van der Waals surface area contributed by atoms with Crippen molar-refractivity contribution < 1.29 is 14.7 Å². The normalized spacial score (nSPS) is 19.7. The van der Waals surface area contributed by atoms with Gasteiger partial charge >= 0.3 is 5.97 Å². The minimum atomic E-state index is -0.873. The van der Waals surface area contributed by atoms with E-state index in [1.807, 2.05) is 13.8 Å². The molecule has 1 rings (SSSR count). The fourth-order valence-corrected chi connectivity index (χ4v) is 1.44. The van der Waals surface area contributed by atoms with Crippen LogP contribution >= 0.6 is 0 Å². The number of nitrogens with one attached hydrogen (secondary N) is 1. The molecule has 15 heavy (non-hydrogen) atoms. The topological polar surface area (TPSA) is 66.4 Å². The number of carbonyl (C=O) groups excluding carboxylic acids is 1. The zero-order chi connectivity index (χ0) is 11.6. The van der Waals surface area contributed by atoms with Gasteiger partial charge in [0, 0.05) is 11.5 Å². The summed E-state index contributed by atoms with van der Waals surface area (Å²) in [5.41, 5.74) is -0.633. The molecule has 2 N–H and O–H groups in total. The minimum Gasteiger partial charge on any atom is -0.481 e. The molecule has 1 unspecified atom stereocenters. The SMILES string of the molecule is CC(C)C(C)(CC(=O)O)NC(=O)C1CC1. The first-order valence-electron chi connectivity index (χ1n) is 5.39. The Morgan fingerprint density at radius 3 is 2.33 bits per heavy atom. The van der Waals surface area contributed by atoms with Crippen molar-refractivity contribution in [2.45, 2.75) is 45.6 Å². The summed E-state index contributed by atoms with van der Waals surface area (Å²) in [4.78, 5) is 22.3. The fourth-order valence-electron chi connectivity index (χ4n) is 1.44. The molecule has 0 aromatic heterocycles. The second-order valence-electron chi connectivity index (χ2n) is 4.91. The lowest BCUT2D eigenvalue weighted by molar-refractivity contribution is -0.139. The summed E-state index contributed by atoms with van der Waals surface area (Å²) >= 11 is 0. The second kappa shape index (κ2) is 4.21. The summed E-state index contributed by atoms with van der Waals surface area (Å²) in [6.07, 6.45) is 1.85. The highest BCUT2D eigenvalue weighted by molar-refractivity contribution is 5.82. The number of hydrogen-bond donors (Lipinski definition) is 2. The molecule has 1 fully saturated rings. The molecule has 4 nitrogen and oxygen atoms in total. The van der Waals surface area contributed by atoms with Crippen molar-refractivity contribution in [3.63, 3.8) is 0 Å². The summed E-state index contributed by atoms with van der Waals surface area (Å²) in [7, 11) is 0. The Bertz CT molecular complexity index is 271. The molecule has 0 aromatic carbocycles. The average Bonchev–Trinajstić information content (AvgIpc) is 2.83. The van der Waals surface area contributed by atoms with Gasteiger partial charge < -0.3 is 10.4 Å². The van der Waals surface area contributed by atoms with Crippen LogP contribution in [0.3, 0.4) is 0 Å². The molecule has 1 amide bonds. The zero-order valence-corrected chi connectivity index (χ0v) is 9.54. The van der Waals surface area contributed by atoms with Gasteiger partial charge in [0.05, 0.1) is 6.42 Å². The molecule has 0 heterocycles. The maximum absolute atomic E-state index is 11.6. The van der Waals surface area contributed by atoms with Crippen LogP contribution in [0.15, 0.2) is 0 Å². The predicted octanol–water partition coefficient (Wildman–Crippen LogP) is 1.40. The van der Waals surface area contributed by atoms with Crippen molar-refractivity contribution in [3.05, 3.63) is 0 Å². The van der Waals surface area contributed by atoms with Crippen molar-refractivity contribution in [2.24, 2.45) is 11.8 Å². The first kappa shape index (κ1) is 12.0. The van der Waals surface area contributed by atoms with Crippen LogP contribution in [0, 0.1) is 11.8 Å². The van der Waals surface area contributed by atoms with E-state index in [9.17, 15) is 9.59 Å². The van der Waals surface area contributed by atoms with Gasteiger partial charge in [-0.15, -0.1) is 0 Å². The van der Waals surface area contributed by atoms with Gasteiger partial charge in [-0.3, -0.25) is 9.59 Å². The maximum atomic E-state index is 11.6. The van der Waals surface area contributed by atoms with Gasteiger partial charge in [0.2, 0.25) is 5.91 Å². The van der Waals surface area contributed by atoms with E-state index in [0.717, 1.165) is 12.8 Å². The van der Waals surface area contributed by atoms with Crippen molar-refractivity contribution in [1.82, 2.24) is 5.32 Å². The highest BCUT2D eigenvalue weighted by Gasteiger charge is 2.37. The predicted molar refractivity (Wildman–Crippen MR) is 56.4 cm³/mol. The smallest absolute Gasteiger partial charge is 0.305 e. The van der Waals surface area contributed by atoms with Crippen LogP contribution in [-0.2, 0) is 9.59 Å². The van der Waals surface area contributed by atoms with E-state index in [0.29, 0.717) is 0 Å². The average molecular weight is 213 g/mol. The van der Waals surface area contributed by atoms with Crippen LogP contribution in [-0.4, -0.2) is 22.5 Å². The third-order valence-electron chi connectivity index (χ3n) is 3.15. The van der Waals surface area contributed by atoms with Gasteiger partial charge in [-0.1, -0.05) is 13.8 Å². The van der Waals surface area contributed by atoms with Crippen LogP contribution in [0.5, 0.6) is 0 Å². The number of hydrogen-bond acceptors (Lipinski definition) is 2. The molecule has 0 bridgehead atoms. The molecule has 1 aliphatic carbocycles. The van der Waals surface area contributed by atoms with E-state index in [1.54, 1.807) is 6.92 Å². The standard InChI is InChI=1S/C11H19NO3/c1-7(2)11(3,6-9(13)14)12-10(15)8-4-5-8/h7-8H,4-6H2,1-3H3,(H,12,15)(H,13,14). The summed E-state index contributed by atoms with van der Waals surface area (Å²) in [6, 6.07) is 0. The number of amides is 1. The minimum absolute atomic E-state index is 0.00690. The van der Waals surface area contributed by atoms with Gasteiger partial charge in [0.1, 0.15) is 0 Å². The van der Waals surface area contributed by atoms with E-state index in [2.05, 4.69) is 5.32 Å². The number of carboxylic acids is 1. The first-order chi connectivity index (χ1) is 6.85. The zero-order valence-electron chi connectivity index (χ0n) is 9.54. The van der Waals surface area contributed by atoms with Crippen molar-refractivity contribution in [2.75, 3.05) is 0 Å². The summed E-state index contributed by atoms with van der Waals surface area (Å²) < 4.78 is 0. The molecule has 0 saturated heterocycles. The van der Waals surface area contributed by atoms with Crippen LogP contribution in [0.1, 0.15) is 40.0 Å². The molecule has 1 saturated carbocycles. The van der Waals surface area contributed by atoms with E-state index in [-0.39, 0.29) is 24.2 Å². The highest BCUT2D eigenvalue weighted by atomic mass is 16.4. The number of carbonyl (C=O) groups is 2. The van der Waals surface area contributed by atoms with Gasteiger partial charge in [0.25, 0.3) is 0 Å². The first-order valence-corrected chi connectivity index (χ1v) is 5.39. The summed E-state index contributed by atoms with van der Waals surface area (Å²) in [5.74, 6) is -0.636. The molecule has 0 aliphatic heterocycles. The summed E-state index contributed by atoms with van der Waals surface area (Å²) in [6.45, 7) is 5.65. The van der Waals surface area contributed by atoms with E-state index in [4.69, 9.17) is 5.11 Å². The second-order valence-corrected chi connectivity index (χ2v) is 4.91. The molecular weight excluding hydrogens is 194 g/mol. The molecule has 1 aliphatic rings. The van der Waals surface area contributed by atoms with E-state index in [1.165, 1.54) is 0 Å². The molecule has 1 atom stereocenters. The maximum Gasteiger partial charge on any atom is 0.305 e. The van der Waals surface area contributed by atoms with Crippen molar-refractivity contribution >= 4 is 11.9 Å². The Morgan fingerprint density at radius 2 is 2.00 bits per heavy atom. The van der Waals surface area contributed by atoms with Crippen LogP contribution in [0.4, 0.5) is 0 Å². The Hall–Kier alpha value is -1.06. The quantitative estimate of drug-likeness (QED) is 0.725. The number of carboxylic acid groups (broad SMARTS) is 1. The third kappa shape index (κ3) is 3.22. The van der Waals surface area contributed by atoms with Crippen LogP contribution in [0.25, 0.3) is 0 Å². The largest absolute Gasteiger partial charge is 0.481 e. The molecule has 0 aromatic rings. The van der Waals surface area contributed by atoms with Crippen LogP contribution in [0.2, 0.25) is 0 Å². The van der Waals surface area contributed by atoms with Gasteiger partial charge in [-0.05, 0) is 25.7 Å². The van der Waals surface area contributed by atoms with E-state index < -0.39 is 11.5 Å². The fraction of sp³-hybridized carbons (Fsp3) is 0.818. The molecule has 0 spiro atoms. The van der Waals surface area contributed by atoms with Crippen molar-refractivity contribution in [3.8, 4) is 0 Å². The van der Waals surface area contributed by atoms with Gasteiger partial charge in [0.15, 0.2) is 0 Å². The lowest BCUT2D eigenvalue weighted by Crippen LogP contribution is -2.51. The van der Waals surface area contributed by atoms with Gasteiger partial charge in [-0.25, -0.2) is 0 Å².